The Labute approximate surface area is 74.4 Å². The number of halogens is 1. The summed E-state index contributed by atoms with van der Waals surface area (Å²) in [6, 6.07) is 0. The topological polar surface area (TPSA) is 9.23 Å². The molecule has 0 rings (SSSR count). The molecule has 0 heterocycles. The highest BCUT2D eigenvalue weighted by Gasteiger charge is 1.94. The van der Waals surface area contributed by atoms with E-state index in [4.69, 9.17) is 16.3 Å². The summed E-state index contributed by atoms with van der Waals surface area (Å²) in [7, 11) is 0. The fraction of sp³-hybridized carbons (Fsp3) is 0.667. The van der Waals surface area contributed by atoms with E-state index in [1.54, 1.807) is 6.61 Å². The van der Waals surface area contributed by atoms with Gasteiger partial charge in [-0.2, -0.15) is 0 Å². The SMILES string of the molecule is CCC=CCCO[CH]C(C)Cl. The molecule has 0 aromatic heterocycles. The molecule has 65 valence electrons. The molecule has 1 nitrogen and oxygen atoms in total. The van der Waals surface area contributed by atoms with Crippen LogP contribution in [-0.4, -0.2) is 12.0 Å². The van der Waals surface area contributed by atoms with E-state index in [1.165, 1.54) is 0 Å². The molecular formula is C9H16ClO. The first-order chi connectivity index (χ1) is 5.27. The van der Waals surface area contributed by atoms with Gasteiger partial charge in [0.2, 0.25) is 0 Å². The minimum atomic E-state index is 0.00477. The summed E-state index contributed by atoms with van der Waals surface area (Å²) >= 11 is 5.62. The third kappa shape index (κ3) is 9.99. The van der Waals surface area contributed by atoms with E-state index in [1.807, 2.05) is 6.92 Å². The van der Waals surface area contributed by atoms with Crippen molar-refractivity contribution in [1.29, 1.82) is 0 Å². The maximum atomic E-state index is 5.62. The molecule has 0 aromatic rings. The minimum absolute atomic E-state index is 0.00477. The summed E-state index contributed by atoms with van der Waals surface area (Å²) in [6.45, 7) is 6.38. The van der Waals surface area contributed by atoms with Gasteiger partial charge in [-0.25, -0.2) is 0 Å². The fourth-order valence-corrected chi connectivity index (χ4v) is 0.694. The Morgan fingerprint density at radius 2 is 2.18 bits per heavy atom. The Bertz CT molecular complexity index is 99.7. The van der Waals surface area contributed by atoms with Crippen LogP contribution in [0.25, 0.3) is 0 Å². The van der Waals surface area contributed by atoms with Gasteiger partial charge < -0.3 is 4.74 Å². The van der Waals surface area contributed by atoms with E-state index in [-0.39, 0.29) is 5.38 Å². The Kier molecular flexibility index (Phi) is 8.08. The zero-order chi connectivity index (χ0) is 8.53. The van der Waals surface area contributed by atoms with Crippen LogP contribution in [0.3, 0.4) is 0 Å². The van der Waals surface area contributed by atoms with Gasteiger partial charge in [0.25, 0.3) is 0 Å². The second kappa shape index (κ2) is 8.09. The van der Waals surface area contributed by atoms with Crippen LogP contribution in [0.2, 0.25) is 0 Å². The Morgan fingerprint density at radius 1 is 1.45 bits per heavy atom. The molecule has 0 saturated carbocycles. The van der Waals surface area contributed by atoms with Crippen molar-refractivity contribution in [2.24, 2.45) is 0 Å². The first kappa shape index (κ1) is 11.0. The Hall–Kier alpha value is -0.0100. The van der Waals surface area contributed by atoms with Gasteiger partial charge in [0.05, 0.1) is 12.0 Å². The molecule has 0 amide bonds. The molecular weight excluding hydrogens is 160 g/mol. The summed E-state index contributed by atoms with van der Waals surface area (Å²) in [6.07, 6.45) is 6.31. The molecule has 0 aromatic carbocycles. The van der Waals surface area contributed by atoms with Crippen molar-refractivity contribution < 1.29 is 4.74 Å². The molecule has 0 saturated heterocycles. The highest BCUT2D eigenvalue weighted by molar-refractivity contribution is 6.21. The first-order valence-corrected chi connectivity index (χ1v) is 4.45. The second-order valence-electron chi connectivity index (χ2n) is 2.35. The maximum absolute atomic E-state index is 5.62. The number of allylic oxidation sites excluding steroid dienone is 1. The van der Waals surface area contributed by atoms with Crippen LogP contribution in [0, 0.1) is 6.61 Å². The van der Waals surface area contributed by atoms with Crippen molar-refractivity contribution in [2.45, 2.75) is 32.1 Å². The summed E-state index contributed by atoms with van der Waals surface area (Å²) in [5, 5.41) is 0.00477. The summed E-state index contributed by atoms with van der Waals surface area (Å²) in [5.41, 5.74) is 0. The third-order valence-electron chi connectivity index (χ3n) is 1.09. The average molecular weight is 176 g/mol. The van der Waals surface area contributed by atoms with E-state index in [9.17, 15) is 0 Å². The van der Waals surface area contributed by atoms with Crippen LogP contribution >= 0.6 is 11.6 Å². The maximum Gasteiger partial charge on any atom is 0.101 e. The lowest BCUT2D eigenvalue weighted by molar-refractivity contribution is 0.201. The van der Waals surface area contributed by atoms with E-state index in [0.29, 0.717) is 0 Å². The van der Waals surface area contributed by atoms with E-state index < -0.39 is 0 Å². The third-order valence-corrected chi connectivity index (χ3v) is 1.19. The van der Waals surface area contributed by atoms with Crippen molar-refractivity contribution >= 4 is 11.6 Å². The van der Waals surface area contributed by atoms with Crippen LogP contribution in [0.1, 0.15) is 26.7 Å². The van der Waals surface area contributed by atoms with Gasteiger partial charge in [-0.1, -0.05) is 19.1 Å². The smallest absolute Gasteiger partial charge is 0.101 e. The molecule has 0 aliphatic heterocycles. The Morgan fingerprint density at radius 3 is 2.73 bits per heavy atom. The molecule has 11 heavy (non-hydrogen) atoms. The van der Waals surface area contributed by atoms with Crippen molar-refractivity contribution in [3.63, 3.8) is 0 Å². The molecule has 0 aliphatic carbocycles. The number of ether oxygens (including phenoxy) is 1. The van der Waals surface area contributed by atoms with Gasteiger partial charge >= 0.3 is 0 Å². The molecule has 0 fully saturated rings. The van der Waals surface area contributed by atoms with E-state index in [0.717, 1.165) is 19.4 Å². The van der Waals surface area contributed by atoms with Crippen LogP contribution in [0.4, 0.5) is 0 Å². The second-order valence-corrected chi connectivity index (χ2v) is 3.04. The van der Waals surface area contributed by atoms with Crippen LogP contribution < -0.4 is 0 Å². The quantitative estimate of drug-likeness (QED) is 0.342. The molecule has 1 atom stereocenters. The van der Waals surface area contributed by atoms with E-state index >= 15 is 0 Å². The van der Waals surface area contributed by atoms with Gasteiger partial charge in [-0.15, -0.1) is 11.6 Å². The molecule has 0 N–H and O–H groups in total. The zero-order valence-electron chi connectivity index (χ0n) is 7.22. The highest BCUT2D eigenvalue weighted by Crippen LogP contribution is 2.00. The van der Waals surface area contributed by atoms with Crippen molar-refractivity contribution in [3.05, 3.63) is 18.8 Å². The number of hydrogen-bond donors (Lipinski definition) is 0. The minimum Gasteiger partial charge on any atom is -0.374 e. The lowest BCUT2D eigenvalue weighted by Gasteiger charge is -2.01. The molecule has 2 heteroatoms. The lowest BCUT2D eigenvalue weighted by atomic mass is 10.3. The predicted molar refractivity (Wildman–Crippen MR) is 49.6 cm³/mol. The standard InChI is InChI=1S/C9H16ClO/c1-3-4-5-6-7-11-8-9(2)10/h4-5,8-9H,3,6-7H2,1-2H3. The Balaban J connectivity index is 2.96. The fourth-order valence-electron chi connectivity index (χ4n) is 0.621. The molecule has 1 radical (unpaired) electrons. The van der Waals surface area contributed by atoms with E-state index in [2.05, 4.69) is 19.1 Å². The molecule has 1 unspecified atom stereocenters. The van der Waals surface area contributed by atoms with Crippen LogP contribution in [0.15, 0.2) is 12.2 Å². The number of rotatable bonds is 6. The summed E-state index contributed by atoms with van der Waals surface area (Å²) in [4.78, 5) is 0. The van der Waals surface area contributed by atoms with Gasteiger partial charge in [-0.05, 0) is 19.8 Å². The molecule has 0 bridgehead atoms. The van der Waals surface area contributed by atoms with Gasteiger partial charge in [0.1, 0.15) is 6.61 Å². The van der Waals surface area contributed by atoms with Crippen molar-refractivity contribution in [2.75, 3.05) is 6.61 Å². The predicted octanol–water partition coefficient (Wildman–Crippen LogP) is 3.15. The van der Waals surface area contributed by atoms with Gasteiger partial charge in [-0.3, -0.25) is 0 Å². The van der Waals surface area contributed by atoms with Crippen LogP contribution in [-0.2, 0) is 4.74 Å². The summed E-state index contributed by atoms with van der Waals surface area (Å²) < 4.78 is 5.13. The highest BCUT2D eigenvalue weighted by atomic mass is 35.5. The zero-order valence-corrected chi connectivity index (χ0v) is 7.97. The first-order valence-electron chi connectivity index (χ1n) is 4.01. The van der Waals surface area contributed by atoms with Crippen LogP contribution in [0.5, 0.6) is 0 Å². The number of hydrogen-bond acceptors (Lipinski definition) is 1. The van der Waals surface area contributed by atoms with Gasteiger partial charge in [0, 0.05) is 0 Å². The largest absolute Gasteiger partial charge is 0.374 e. The average Bonchev–Trinajstić information content (AvgIpc) is 1.96. The molecule has 0 spiro atoms. The van der Waals surface area contributed by atoms with Crippen molar-refractivity contribution in [3.8, 4) is 0 Å². The van der Waals surface area contributed by atoms with Crippen molar-refractivity contribution in [1.82, 2.24) is 0 Å². The lowest BCUT2D eigenvalue weighted by Crippen LogP contribution is -1.98. The normalized spacial score (nSPS) is 14.1. The monoisotopic (exact) mass is 175 g/mol. The number of alkyl halides is 1. The van der Waals surface area contributed by atoms with Gasteiger partial charge in [0.15, 0.2) is 0 Å². The molecule has 0 aliphatic rings. The summed E-state index contributed by atoms with van der Waals surface area (Å²) in [5.74, 6) is 0.